The van der Waals surface area contributed by atoms with Crippen LogP contribution < -0.4 is 0 Å². The summed E-state index contributed by atoms with van der Waals surface area (Å²) in [6, 6.07) is 17.8. The van der Waals surface area contributed by atoms with Crippen LogP contribution in [0, 0.1) is 0 Å². The van der Waals surface area contributed by atoms with Gasteiger partial charge in [0.05, 0.1) is 0 Å². The van der Waals surface area contributed by atoms with Gasteiger partial charge in [-0.1, -0.05) is 58.4 Å². The lowest BCUT2D eigenvalue weighted by Gasteiger charge is -1.99. The Balaban J connectivity index is 1.71. The van der Waals surface area contributed by atoms with Gasteiger partial charge in [-0.2, -0.15) is 0 Å². The van der Waals surface area contributed by atoms with E-state index in [1.54, 1.807) is 6.08 Å². The number of aliphatic imine (C=N–C) groups is 1. The third kappa shape index (κ3) is 3.71. The van der Waals surface area contributed by atoms with Gasteiger partial charge in [-0.3, -0.25) is 0 Å². The molecule has 0 saturated carbocycles. The molecule has 3 nitrogen and oxygen atoms in total. The summed E-state index contributed by atoms with van der Waals surface area (Å²) >= 11 is 3.41. The molecule has 0 aliphatic carbocycles. The fourth-order valence-corrected chi connectivity index (χ4v) is 2.63. The third-order valence-corrected chi connectivity index (χ3v) is 3.78. The summed E-state index contributed by atoms with van der Waals surface area (Å²) < 4.78 is 6.19. The van der Waals surface area contributed by atoms with Crippen LogP contribution >= 0.6 is 15.9 Å². The zero-order chi connectivity index (χ0) is 15.4. The predicted molar refractivity (Wildman–Crippen MR) is 90.4 cm³/mol. The fourth-order valence-electron chi connectivity index (χ4n) is 2.21. The molecule has 2 aromatic carbocycles. The van der Waals surface area contributed by atoms with Crippen LogP contribution in [-0.2, 0) is 16.0 Å². The molecule has 4 heteroatoms. The fraction of sp³-hybridized carbons (Fsp3) is 0.111. The van der Waals surface area contributed by atoms with Crippen molar-refractivity contribution in [2.75, 3.05) is 0 Å². The number of hydrogen-bond acceptors (Lipinski definition) is 3. The Bertz CT molecular complexity index is 751. The van der Waals surface area contributed by atoms with Crippen molar-refractivity contribution in [3.63, 3.8) is 0 Å². The number of carbonyl (C=O) groups is 1. The number of esters is 1. The highest BCUT2D eigenvalue weighted by atomic mass is 79.9. The number of halogens is 1. The van der Waals surface area contributed by atoms with Gasteiger partial charge in [0.1, 0.15) is 0 Å². The van der Waals surface area contributed by atoms with Crippen LogP contribution in [0.15, 0.2) is 69.8 Å². The summed E-state index contributed by atoms with van der Waals surface area (Å²) in [5, 5.41) is 0. The molecule has 0 atom stereocenters. The second-order valence-corrected chi connectivity index (χ2v) is 5.88. The van der Waals surface area contributed by atoms with E-state index in [1.807, 2.05) is 42.5 Å². The molecular formula is C18H14BrNO2. The first-order valence-corrected chi connectivity index (χ1v) is 7.81. The van der Waals surface area contributed by atoms with E-state index in [-0.39, 0.29) is 5.97 Å². The molecular weight excluding hydrogens is 342 g/mol. The number of carbonyl (C=O) groups excluding carboxylic acids is 1. The van der Waals surface area contributed by atoms with Gasteiger partial charge in [-0.15, -0.1) is 0 Å². The highest BCUT2D eigenvalue weighted by Gasteiger charge is 2.22. The van der Waals surface area contributed by atoms with Crippen molar-refractivity contribution in [3.8, 4) is 0 Å². The zero-order valence-corrected chi connectivity index (χ0v) is 13.4. The number of ether oxygens (including phenoxy) is 1. The van der Waals surface area contributed by atoms with Crippen molar-refractivity contribution >= 4 is 33.9 Å². The minimum absolute atomic E-state index is 0.348. The summed E-state index contributed by atoms with van der Waals surface area (Å²) in [7, 11) is 0. The topological polar surface area (TPSA) is 38.7 Å². The molecule has 3 rings (SSSR count). The molecule has 1 aliphatic heterocycles. The van der Waals surface area contributed by atoms with Gasteiger partial charge in [0.15, 0.2) is 11.6 Å². The van der Waals surface area contributed by atoms with Gasteiger partial charge >= 0.3 is 5.97 Å². The van der Waals surface area contributed by atoms with Gasteiger partial charge in [0.2, 0.25) is 0 Å². The lowest BCUT2D eigenvalue weighted by Crippen LogP contribution is -2.05. The molecule has 0 unspecified atom stereocenters. The lowest BCUT2D eigenvalue weighted by atomic mass is 10.1. The monoisotopic (exact) mass is 355 g/mol. The molecule has 0 spiro atoms. The van der Waals surface area contributed by atoms with Crippen LogP contribution in [0.4, 0.5) is 0 Å². The Labute approximate surface area is 137 Å². The van der Waals surface area contributed by atoms with Crippen LogP contribution in [-0.4, -0.2) is 11.9 Å². The van der Waals surface area contributed by atoms with E-state index in [4.69, 9.17) is 4.74 Å². The minimum atomic E-state index is -0.386. The number of rotatable bonds is 4. The molecule has 0 saturated heterocycles. The maximum Gasteiger partial charge on any atom is 0.363 e. The summed E-state index contributed by atoms with van der Waals surface area (Å²) in [6.45, 7) is 0. The molecule has 0 amide bonds. The van der Waals surface area contributed by atoms with Crippen molar-refractivity contribution in [2.24, 2.45) is 4.99 Å². The first-order chi connectivity index (χ1) is 10.7. The summed E-state index contributed by atoms with van der Waals surface area (Å²) in [5.74, 6) is 0.0955. The number of cyclic esters (lactones) is 1. The molecule has 1 aliphatic rings. The average Bonchev–Trinajstić information content (AvgIpc) is 2.86. The van der Waals surface area contributed by atoms with Gasteiger partial charge in [-0.25, -0.2) is 9.79 Å². The molecule has 0 fully saturated rings. The second-order valence-electron chi connectivity index (χ2n) is 4.97. The van der Waals surface area contributed by atoms with Crippen molar-refractivity contribution in [1.82, 2.24) is 0 Å². The average molecular weight is 356 g/mol. The van der Waals surface area contributed by atoms with E-state index >= 15 is 0 Å². The van der Waals surface area contributed by atoms with E-state index in [2.05, 4.69) is 33.1 Å². The molecule has 2 aromatic rings. The largest absolute Gasteiger partial charge is 0.407 e. The SMILES string of the molecule is O=C1OC(CCc2ccccc2)=N/C1=C/c1cccc(Br)c1. The van der Waals surface area contributed by atoms with Crippen LogP contribution in [0.25, 0.3) is 6.08 Å². The van der Waals surface area contributed by atoms with Gasteiger partial charge < -0.3 is 4.74 Å². The Morgan fingerprint density at radius 3 is 2.64 bits per heavy atom. The van der Waals surface area contributed by atoms with E-state index in [0.29, 0.717) is 18.0 Å². The van der Waals surface area contributed by atoms with E-state index in [9.17, 15) is 4.79 Å². The van der Waals surface area contributed by atoms with Crippen molar-refractivity contribution in [3.05, 3.63) is 75.9 Å². The minimum Gasteiger partial charge on any atom is -0.407 e. The molecule has 0 aromatic heterocycles. The van der Waals surface area contributed by atoms with Crippen LogP contribution in [0.1, 0.15) is 17.5 Å². The van der Waals surface area contributed by atoms with Crippen molar-refractivity contribution < 1.29 is 9.53 Å². The van der Waals surface area contributed by atoms with Gasteiger partial charge in [-0.05, 0) is 35.8 Å². The van der Waals surface area contributed by atoms with Crippen molar-refractivity contribution in [2.45, 2.75) is 12.8 Å². The standard InChI is InChI=1S/C18H14BrNO2/c19-15-8-4-7-14(11-15)12-16-18(21)22-17(20-16)10-9-13-5-2-1-3-6-13/h1-8,11-12H,9-10H2/b16-12+. The highest BCUT2D eigenvalue weighted by Crippen LogP contribution is 2.19. The second kappa shape index (κ2) is 6.71. The Kier molecular flexibility index (Phi) is 4.49. The predicted octanol–water partition coefficient (Wildman–Crippen LogP) is 4.38. The summed E-state index contributed by atoms with van der Waals surface area (Å²) in [4.78, 5) is 16.2. The number of aryl methyl sites for hydroxylation is 1. The van der Waals surface area contributed by atoms with Crippen LogP contribution in [0.3, 0.4) is 0 Å². The van der Waals surface area contributed by atoms with Gasteiger partial charge in [0.25, 0.3) is 0 Å². The molecule has 1 heterocycles. The first-order valence-electron chi connectivity index (χ1n) is 7.02. The van der Waals surface area contributed by atoms with E-state index in [1.165, 1.54) is 5.56 Å². The summed E-state index contributed by atoms with van der Waals surface area (Å²) in [5.41, 5.74) is 2.46. The maximum absolute atomic E-state index is 11.9. The first kappa shape index (κ1) is 14.7. The van der Waals surface area contributed by atoms with E-state index in [0.717, 1.165) is 16.5 Å². The molecule has 0 N–H and O–H groups in total. The Morgan fingerprint density at radius 1 is 1.05 bits per heavy atom. The number of hydrogen-bond donors (Lipinski definition) is 0. The molecule has 110 valence electrons. The van der Waals surface area contributed by atoms with Gasteiger partial charge in [0, 0.05) is 10.9 Å². The molecule has 22 heavy (non-hydrogen) atoms. The quantitative estimate of drug-likeness (QED) is 0.602. The molecule has 0 bridgehead atoms. The smallest absolute Gasteiger partial charge is 0.363 e. The highest BCUT2D eigenvalue weighted by molar-refractivity contribution is 9.10. The lowest BCUT2D eigenvalue weighted by molar-refractivity contribution is -0.130. The maximum atomic E-state index is 11.9. The Morgan fingerprint density at radius 2 is 1.86 bits per heavy atom. The van der Waals surface area contributed by atoms with E-state index < -0.39 is 0 Å². The van der Waals surface area contributed by atoms with Crippen LogP contribution in [0.5, 0.6) is 0 Å². The Hall–Kier alpha value is -2.20. The third-order valence-electron chi connectivity index (χ3n) is 3.29. The summed E-state index contributed by atoms with van der Waals surface area (Å²) in [6.07, 6.45) is 3.16. The molecule has 0 radical (unpaired) electrons. The normalized spacial score (nSPS) is 15.8. The van der Waals surface area contributed by atoms with Crippen LogP contribution in [0.2, 0.25) is 0 Å². The van der Waals surface area contributed by atoms with Crippen molar-refractivity contribution in [1.29, 1.82) is 0 Å². The zero-order valence-electron chi connectivity index (χ0n) is 11.8. The number of nitrogens with zero attached hydrogens (tertiary/aromatic N) is 1. The number of benzene rings is 2.